The number of hydrogen-bond acceptors (Lipinski definition) is 3. The van der Waals surface area contributed by atoms with Gasteiger partial charge < -0.3 is 19.6 Å². The molecule has 3 N–H and O–H groups in total. The van der Waals surface area contributed by atoms with E-state index in [1.54, 1.807) is 6.07 Å². The van der Waals surface area contributed by atoms with Gasteiger partial charge in [0.1, 0.15) is 11.5 Å². The van der Waals surface area contributed by atoms with Gasteiger partial charge in [-0.3, -0.25) is 4.57 Å². The Morgan fingerprint density at radius 3 is 2.54 bits per heavy atom. The first-order valence-electron chi connectivity index (χ1n) is 9.75. The van der Waals surface area contributed by atoms with Gasteiger partial charge in [-0.2, -0.15) is 0 Å². The van der Waals surface area contributed by atoms with Crippen molar-refractivity contribution in [3.63, 3.8) is 0 Å². The van der Waals surface area contributed by atoms with E-state index in [2.05, 4.69) is 19.9 Å². The highest BCUT2D eigenvalue weighted by molar-refractivity contribution is 7.51. The number of hydrogen-bond donors (Lipinski definition) is 3. The fourth-order valence-electron chi connectivity index (χ4n) is 4.67. The Morgan fingerprint density at radius 2 is 1.93 bits per heavy atom. The van der Waals surface area contributed by atoms with Crippen LogP contribution in [-0.2, 0) is 9.98 Å². The third-order valence-electron chi connectivity index (χ3n) is 6.20. The summed E-state index contributed by atoms with van der Waals surface area (Å²) < 4.78 is 16.6. The Balaban J connectivity index is 1.74. The van der Waals surface area contributed by atoms with Gasteiger partial charge in [0.05, 0.1) is 0 Å². The monoisotopic (exact) mass is 402 g/mol. The third-order valence-corrected chi connectivity index (χ3v) is 6.67. The number of aryl methyl sites for hydroxylation is 1. The quantitative estimate of drug-likeness (QED) is 0.619. The zero-order valence-corrected chi connectivity index (χ0v) is 17.4. The molecule has 6 heteroatoms. The third kappa shape index (κ3) is 3.47. The molecule has 0 aromatic heterocycles. The van der Waals surface area contributed by atoms with E-state index in [4.69, 9.17) is 14.5 Å². The highest BCUT2D eigenvalue weighted by Gasteiger charge is 2.53. The summed E-state index contributed by atoms with van der Waals surface area (Å²) in [5, 5.41) is 10.2. The number of phenols is 1. The van der Waals surface area contributed by atoms with Crippen LogP contribution in [0.2, 0.25) is 0 Å². The molecule has 0 radical (unpaired) electrons. The summed E-state index contributed by atoms with van der Waals surface area (Å²) in [5.41, 5.74) is 6.00. The van der Waals surface area contributed by atoms with Gasteiger partial charge in [-0.25, -0.2) is 0 Å². The first-order valence-corrected chi connectivity index (χ1v) is 11.5. The second kappa shape index (κ2) is 6.62. The van der Waals surface area contributed by atoms with E-state index in [0.717, 1.165) is 30.4 Å². The molecule has 0 amide bonds. The second-order valence-corrected chi connectivity index (χ2v) is 10.2. The molecule has 0 saturated heterocycles. The summed E-state index contributed by atoms with van der Waals surface area (Å²) in [5.74, 6) is 1.39. The van der Waals surface area contributed by atoms with Crippen molar-refractivity contribution in [3.05, 3.63) is 58.1 Å². The number of ether oxygens (including phenoxy) is 1. The molecule has 1 saturated carbocycles. The minimum atomic E-state index is -4.21. The lowest BCUT2D eigenvalue weighted by Crippen LogP contribution is -2.03. The van der Waals surface area contributed by atoms with E-state index in [9.17, 15) is 9.67 Å². The van der Waals surface area contributed by atoms with Gasteiger partial charge in [0.2, 0.25) is 0 Å². The second-order valence-electron chi connectivity index (χ2n) is 8.65. The fourth-order valence-corrected chi connectivity index (χ4v) is 4.99. The molecule has 4 rings (SSSR count). The van der Waals surface area contributed by atoms with Gasteiger partial charge in [0.25, 0.3) is 0 Å². The first kappa shape index (κ1) is 19.5. The van der Waals surface area contributed by atoms with Crippen molar-refractivity contribution < 1.29 is 24.2 Å². The van der Waals surface area contributed by atoms with Crippen molar-refractivity contribution in [2.75, 3.05) is 6.35 Å². The fraction of sp³-hybridized carbons (Fsp3) is 0.455. The average molecular weight is 402 g/mol. The van der Waals surface area contributed by atoms with Crippen LogP contribution in [0.3, 0.4) is 0 Å². The minimum absolute atomic E-state index is 0.155. The molecular weight excluding hydrogens is 375 g/mol. The summed E-state index contributed by atoms with van der Waals surface area (Å²) >= 11 is 0. The van der Waals surface area contributed by atoms with Gasteiger partial charge in [-0.05, 0) is 83.5 Å². The van der Waals surface area contributed by atoms with Crippen LogP contribution >= 0.6 is 7.60 Å². The summed E-state index contributed by atoms with van der Waals surface area (Å²) in [4.78, 5) is 18.2. The van der Waals surface area contributed by atoms with Gasteiger partial charge in [-0.15, -0.1) is 0 Å². The maximum Gasteiger partial charge on any atom is 0.362 e. The van der Waals surface area contributed by atoms with Crippen molar-refractivity contribution >= 4 is 7.60 Å². The Bertz CT molecular complexity index is 971. The van der Waals surface area contributed by atoms with Crippen LogP contribution < -0.4 is 4.74 Å². The summed E-state index contributed by atoms with van der Waals surface area (Å²) in [6.07, 6.45) is 2.70. The largest absolute Gasteiger partial charge is 0.508 e. The molecular formula is C22H27O5P. The molecule has 0 heterocycles. The predicted octanol–water partition coefficient (Wildman–Crippen LogP) is 4.91. The lowest BCUT2D eigenvalue weighted by atomic mass is 9.87. The Kier molecular flexibility index (Phi) is 4.61. The summed E-state index contributed by atoms with van der Waals surface area (Å²) in [6, 6.07) is 9.82. The number of phenolic OH excluding ortho intramolecular Hbond substituents is 1. The summed E-state index contributed by atoms with van der Waals surface area (Å²) in [6.45, 7) is 6.21. The lowest BCUT2D eigenvalue weighted by Gasteiger charge is -2.18. The van der Waals surface area contributed by atoms with Crippen molar-refractivity contribution in [1.29, 1.82) is 0 Å². The predicted molar refractivity (Wildman–Crippen MR) is 108 cm³/mol. The molecule has 1 atom stereocenters. The molecule has 2 aromatic carbocycles. The number of rotatable bonds is 5. The van der Waals surface area contributed by atoms with Crippen molar-refractivity contribution in [1.82, 2.24) is 0 Å². The van der Waals surface area contributed by atoms with Crippen LogP contribution in [0.25, 0.3) is 0 Å². The Labute approximate surface area is 165 Å². The maximum atomic E-state index is 11.2. The molecule has 1 spiro atoms. The van der Waals surface area contributed by atoms with Crippen LogP contribution in [0.4, 0.5) is 0 Å². The molecule has 0 unspecified atom stereocenters. The van der Waals surface area contributed by atoms with Crippen LogP contribution in [0, 0.1) is 6.92 Å². The SMILES string of the molecule is Cc1cc(OCP(=O)(O)O)cc2c1[C@@H](c1ccc(O)c(C(C)C)c1)CC21CC1. The van der Waals surface area contributed by atoms with E-state index in [1.165, 1.54) is 16.7 Å². The number of aromatic hydroxyl groups is 1. The molecule has 28 heavy (non-hydrogen) atoms. The highest BCUT2D eigenvalue weighted by Crippen LogP contribution is 2.63. The van der Waals surface area contributed by atoms with E-state index in [-0.39, 0.29) is 17.3 Å². The van der Waals surface area contributed by atoms with E-state index in [0.29, 0.717) is 11.5 Å². The van der Waals surface area contributed by atoms with Gasteiger partial charge in [0.15, 0.2) is 6.35 Å². The van der Waals surface area contributed by atoms with Crippen LogP contribution in [-0.4, -0.2) is 21.2 Å². The molecule has 0 bridgehead atoms. The van der Waals surface area contributed by atoms with E-state index < -0.39 is 13.9 Å². The van der Waals surface area contributed by atoms with Crippen LogP contribution in [0.5, 0.6) is 11.5 Å². The molecule has 1 fully saturated rings. The zero-order valence-electron chi connectivity index (χ0n) is 16.5. The molecule has 2 aliphatic carbocycles. The normalized spacial score (nSPS) is 19.9. The number of fused-ring (bicyclic) bond motifs is 2. The Morgan fingerprint density at radius 1 is 1.21 bits per heavy atom. The van der Waals surface area contributed by atoms with Crippen molar-refractivity contribution in [2.24, 2.45) is 0 Å². The standard InChI is InChI=1S/C22H27O5P/c1-13(2)17-9-15(4-5-20(17)23)18-11-22(6-7-22)19-10-16(8-14(3)21(18)19)27-12-28(24,25)26/h4-5,8-10,13,18,23H,6-7,11-12H2,1-3H3,(H2,24,25,26)/t18-/m1/s1. The highest BCUT2D eigenvalue weighted by atomic mass is 31.2. The van der Waals surface area contributed by atoms with Crippen molar-refractivity contribution in [3.8, 4) is 11.5 Å². The molecule has 150 valence electrons. The van der Waals surface area contributed by atoms with Gasteiger partial charge in [0, 0.05) is 5.92 Å². The van der Waals surface area contributed by atoms with E-state index in [1.807, 2.05) is 25.1 Å². The van der Waals surface area contributed by atoms with E-state index >= 15 is 0 Å². The maximum absolute atomic E-state index is 11.2. The first-order chi connectivity index (χ1) is 13.1. The molecule has 0 aliphatic heterocycles. The van der Waals surface area contributed by atoms with Crippen molar-refractivity contribution in [2.45, 2.75) is 57.3 Å². The van der Waals surface area contributed by atoms with Gasteiger partial charge in [-0.1, -0.05) is 26.0 Å². The summed E-state index contributed by atoms with van der Waals surface area (Å²) in [7, 11) is -4.21. The van der Waals surface area contributed by atoms with Gasteiger partial charge >= 0.3 is 7.60 Å². The molecule has 5 nitrogen and oxygen atoms in total. The lowest BCUT2D eigenvalue weighted by molar-refractivity contribution is 0.300. The smallest absolute Gasteiger partial charge is 0.362 e. The minimum Gasteiger partial charge on any atom is -0.508 e. The topological polar surface area (TPSA) is 87.0 Å². The number of benzene rings is 2. The Hall–Kier alpha value is -1.81. The zero-order chi connectivity index (χ0) is 20.3. The average Bonchev–Trinajstić information content (AvgIpc) is 3.30. The molecule has 2 aliphatic rings. The van der Waals surface area contributed by atoms with Crippen LogP contribution in [0.15, 0.2) is 30.3 Å². The molecule has 2 aromatic rings. The van der Waals surface area contributed by atoms with Crippen LogP contribution in [0.1, 0.15) is 72.8 Å².